The summed E-state index contributed by atoms with van der Waals surface area (Å²) in [6.45, 7) is 8.57. The molecule has 11 nitrogen and oxygen atoms in total. The lowest BCUT2D eigenvalue weighted by molar-refractivity contribution is -0.152. The Labute approximate surface area is 234 Å². The number of aromatic nitrogens is 1. The van der Waals surface area contributed by atoms with Crippen LogP contribution in [0.5, 0.6) is 0 Å². The van der Waals surface area contributed by atoms with Gasteiger partial charge in [-0.15, -0.1) is 0 Å². The highest BCUT2D eigenvalue weighted by molar-refractivity contribution is 6.51. The number of aliphatic hydroxyl groups is 1. The maximum atomic E-state index is 13.3. The van der Waals surface area contributed by atoms with Crippen molar-refractivity contribution in [3.05, 3.63) is 54.2 Å². The fraction of sp³-hybridized carbons (Fsp3) is 0.464. The van der Waals surface area contributed by atoms with Crippen LogP contribution in [-0.2, 0) is 28.4 Å². The smallest absolute Gasteiger partial charge is 0.506 e. The molecule has 0 saturated carbocycles. The highest BCUT2D eigenvalue weighted by Crippen LogP contribution is 2.21. The molecule has 0 radical (unpaired) electrons. The summed E-state index contributed by atoms with van der Waals surface area (Å²) in [6.07, 6.45) is -2.74. The van der Waals surface area contributed by atoms with Gasteiger partial charge in [0, 0.05) is 5.56 Å². The summed E-state index contributed by atoms with van der Waals surface area (Å²) in [5.74, 6) is -3.44. The molecule has 1 aromatic heterocycles. The molecule has 3 rings (SSSR count). The van der Waals surface area contributed by atoms with Gasteiger partial charge in [0.1, 0.15) is 11.7 Å². The lowest BCUT2D eigenvalue weighted by Gasteiger charge is -2.26. The third-order valence-corrected chi connectivity index (χ3v) is 6.00. The average Bonchev–Trinajstić information content (AvgIpc) is 3.26. The number of nitrogens with one attached hydrogen (secondary N) is 2. The number of rotatable bonds is 12. The number of carbonyl (C=O) groups is 4. The molecule has 2 heterocycles. The molecular weight excluding hydrogens is 517 g/mol. The van der Waals surface area contributed by atoms with Crippen molar-refractivity contribution in [2.75, 3.05) is 0 Å². The standard InChI is InChI=1S/C28H36BN3O8/c1-16(2)14-23(29-39-22(28(37)40-29)15-24(34)38-17(3)4)31-27(36)25(18(5)33)32-26(35)21-13-9-12-20(30-21)19-10-7-6-8-11-19/h6-13,16-18,22-23,25,33H,14-15H2,1-5H3,(H,31,36)(H,32,35)/t18-,22+,23+,25+/m1/s1. The molecule has 0 bridgehead atoms. The molecule has 40 heavy (non-hydrogen) atoms. The molecule has 4 atom stereocenters. The third kappa shape index (κ3) is 8.62. The Morgan fingerprint density at radius 2 is 1.73 bits per heavy atom. The fourth-order valence-electron chi connectivity index (χ4n) is 4.18. The Kier molecular flexibility index (Phi) is 10.8. The van der Waals surface area contributed by atoms with Crippen molar-refractivity contribution >= 4 is 30.9 Å². The van der Waals surface area contributed by atoms with E-state index in [2.05, 4.69) is 15.6 Å². The van der Waals surface area contributed by atoms with E-state index < -0.39 is 55.1 Å². The number of hydrogen-bond acceptors (Lipinski definition) is 9. The average molecular weight is 553 g/mol. The molecule has 0 unspecified atom stereocenters. The van der Waals surface area contributed by atoms with Crippen LogP contribution in [0.25, 0.3) is 11.3 Å². The van der Waals surface area contributed by atoms with Crippen molar-refractivity contribution in [2.24, 2.45) is 5.92 Å². The minimum Gasteiger partial charge on any atom is -0.506 e. The van der Waals surface area contributed by atoms with Crippen molar-refractivity contribution in [1.29, 1.82) is 0 Å². The van der Waals surface area contributed by atoms with Gasteiger partial charge < -0.3 is 29.8 Å². The predicted octanol–water partition coefficient (Wildman–Crippen LogP) is 2.07. The third-order valence-electron chi connectivity index (χ3n) is 6.00. The number of amides is 2. The van der Waals surface area contributed by atoms with Crippen molar-refractivity contribution in [3.8, 4) is 11.3 Å². The van der Waals surface area contributed by atoms with Crippen LogP contribution < -0.4 is 10.6 Å². The van der Waals surface area contributed by atoms with Crippen LogP contribution in [0.15, 0.2) is 48.5 Å². The zero-order chi connectivity index (χ0) is 29.4. The zero-order valence-electron chi connectivity index (χ0n) is 23.3. The van der Waals surface area contributed by atoms with Crippen molar-refractivity contribution in [2.45, 2.75) is 77.8 Å². The monoisotopic (exact) mass is 553 g/mol. The van der Waals surface area contributed by atoms with Gasteiger partial charge in [0.25, 0.3) is 5.91 Å². The van der Waals surface area contributed by atoms with E-state index in [9.17, 15) is 24.3 Å². The molecular formula is C28H36BN3O8. The van der Waals surface area contributed by atoms with Gasteiger partial charge in [0.2, 0.25) is 5.91 Å². The molecule has 2 aromatic rings. The van der Waals surface area contributed by atoms with Crippen LogP contribution in [-0.4, -0.2) is 71.3 Å². The van der Waals surface area contributed by atoms with E-state index in [1.165, 1.54) is 13.0 Å². The number of pyridine rings is 1. The summed E-state index contributed by atoms with van der Waals surface area (Å²) in [5.41, 5.74) is 1.47. The van der Waals surface area contributed by atoms with Crippen LogP contribution in [0.1, 0.15) is 57.9 Å². The second-order valence-corrected chi connectivity index (χ2v) is 10.4. The number of aliphatic hydroxyl groups excluding tert-OH is 1. The number of nitrogens with zero attached hydrogens (tertiary/aromatic N) is 1. The highest BCUT2D eigenvalue weighted by Gasteiger charge is 2.47. The van der Waals surface area contributed by atoms with E-state index in [1.807, 2.05) is 44.2 Å². The molecule has 1 aliphatic heterocycles. The highest BCUT2D eigenvalue weighted by atomic mass is 16.7. The first-order valence-electron chi connectivity index (χ1n) is 13.3. The van der Waals surface area contributed by atoms with Crippen LogP contribution in [0, 0.1) is 5.92 Å². The van der Waals surface area contributed by atoms with Gasteiger partial charge in [0.15, 0.2) is 6.10 Å². The Morgan fingerprint density at radius 3 is 2.35 bits per heavy atom. The van der Waals surface area contributed by atoms with Gasteiger partial charge in [-0.25, -0.2) is 4.98 Å². The molecule has 1 aliphatic rings. The second kappa shape index (κ2) is 14.0. The quantitative estimate of drug-likeness (QED) is 0.265. The molecule has 2 amide bonds. The number of ether oxygens (including phenoxy) is 1. The van der Waals surface area contributed by atoms with E-state index in [0.29, 0.717) is 12.1 Å². The summed E-state index contributed by atoms with van der Waals surface area (Å²) in [7, 11) is -1.16. The fourth-order valence-corrected chi connectivity index (χ4v) is 4.18. The van der Waals surface area contributed by atoms with Gasteiger partial charge in [0.05, 0.1) is 30.3 Å². The Hall–Kier alpha value is -3.77. The van der Waals surface area contributed by atoms with Crippen LogP contribution in [0.3, 0.4) is 0 Å². The SMILES string of the molecule is CC(C)C[C@H](NC(=O)[C@@H](NC(=O)c1cccc(-c2ccccc2)n1)[C@@H](C)O)B1OC(=O)[C@H](CC(=O)OC(C)C)O1. The van der Waals surface area contributed by atoms with Crippen molar-refractivity contribution < 1.29 is 38.3 Å². The van der Waals surface area contributed by atoms with Gasteiger partial charge >= 0.3 is 19.1 Å². The Bertz CT molecular complexity index is 1190. The summed E-state index contributed by atoms with van der Waals surface area (Å²) < 4.78 is 16.1. The normalized spacial score (nSPS) is 17.2. The number of benzene rings is 1. The Balaban J connectivity index is 1.70. The van der Waals surface area contributed by atoms with E-state index in [-0.39, 0.29) is 24.1 Å². The largest absolute Gasteiger partial charge is 0.552 e. The minimum absolute atomic E-state index is 0.0575. The first-order valence-corrected chi connectivity index (χ1v) is 13.3. The van der Waals surface area contributed by atoms with Gasteiger partial charge in [-0.3, -0.25) is 19.2 Å². The van der Waals surface area contributed by atoms with Crippen LogP contribution >= 0.6 is 0 Å². The van der Waals surface area contributed by atoms with Gasteiger partial charge in [-0.2, -0.15) is 0 Å². The minimum atomic E-state index is -1.33. The van der Waals surface area contributed by atoms with Gasteiger partial charge in [-0.1, -0.05) is 50.2 Å². The van der Waals surface area contributed by atoms with E-state index in [0.717, 1.165) is 5.56 Å². The van der Waals surface area contributed by atoms with E-state index in [1.54, 1.807) is 26.0 Å². The first-order chi connectivity index (χ1) is 18.9. The molecule has 1 saturated heterocycles. The number of carbonyl (C=O) groups excluding carboxylic acids is 4. The lowest BCUT2D eigenvalue weighted by Crippen LogP contribution is -2.57. The van der Waals surface area contributed by atoms with Gasteiger partial charge in [-0.05, 0) is 45.2 Å². The molecule has 1 aromatic carbocycles. The molecule has 3 N–H and O–H groups in total. The topological polar surface area (TPSA) is 153 Å². The van der Waals surface area contributed by atoms with Crippen molar-refractivity contribution in [3.63, 3.8) is 0 Å². The predicted molar refractivity (Wildman–Crippen MR) is 147 cm³/mol. The lowest BCUT2D eigenvalue weighted by atomic mass is 9.74. The molecule has 0 spiro atoms. The number of hydrogen-bond donors (Lipinski definition) is 3. The number of esters is 1. The molecule has 12 heteroatoms. The molecule has 0 aliphatic carbocycles. The first kappa shape index (κ1) is 30.8. The van der Waals surface area contributed by atoms with E-state index >= 15 is 0 Å². The zero-order valence-corrected chi connectivity index (χ0v) is 23.3. The summed E-state index contributed by atoms with van der Waals surface area (Å²) in [6, 6.07) is 12.9. The van der Waals surface area contributed by atoms with Crippen molar-refractivity contribution in [1.82, 2.24) is 15.6 Å². The molecule has 1 fully saturated rings. The second-order valence-electron chi connectivity index (χ2n) is 10.4. The maximum absolute atomic E-state index is 13.3. The summed E-state index contributed by atoms with van der Waals surface area (Å²) in [5, 5.41) is 15.7. The maximum Gasteiger partial charge on any atom is 0.552 e. The summed E-state index contributed by atoms with van der Waals surface area (Å²) in [4.78, 5) is 55.1. The molecule has 214 valence electrons. The van der Waals surface area contributed by atoms with Crippen LogP contribution in [0.4, 0.5) is 0 Å². The van der Waals surface area contributed by atoms with E-state index in [4.69, 9.17) is 14.0 Å². The summed E-state index contributed by atoms with van der Waals surface area (Å²) >= 11 is 0. The Morgan fingerprint density at radius 1 is 1.02 bits per heavy atom. The van der Waals surface area contributed by atoms with Crippen LogP contribution in [0.2, 0.25) is 0 Å².